The van der Waals surface area contributed by atoms with Gasteiger partial charge >= 0.3 is 0 Å². The molecule has 0 spiro atoms. The molecular weight excluding hydrogens is 573 g/mol. The quantitative estimate of drug-likeness (QED) is 0.293. The lowest BCUT2D eigenvalue weighted by Crippen LogP contribution is -2.52. The Hall–Kier alpha value is -3.27. The highest BCUT2D eigenvalue weighted by atomic mass is 35.5. The Bertz CT molecular complexity index is 1420. The van der Waals surface area contributed by atoms with Gasteiger partial charge in [0.2, 0.25) is 11.8 Å². The highest BCUT2D eigenvalue weighted by molar-refractivity contribution is 7.92. The summed E-state index contributed by atoms with van der Waals surface area (Å²) >= 11 is 12.5. The molecule has 0 unspecified atom stereocenters. The molecule has 1 N–H and O–H groups in total. The summed E-state index contributed by atoms with van der Waals surface area (Å²) in [6.07, 6.45) is 0.711. The maximum absolute atomic E-state index is 14.0. The van der Waals surface area contributed by atoms with Crippen molar-refractivity contribution in [1.82, 2.24) is 10.2 Å². The van der Waals surface area contributed by atoms with Crippen molar-refractivity contribution in [1.29, 1.82) is 0 Å². The Morgan fingerprint density at radius 3 is 2.20 bits per heavy atom. The zero-order chi connectivity index (χ0) is 29.4. The number of hydrogen-bond acceptors (Lipinski definition) is 5. The molecule has 8 nitrogen and oxygen atoms in total. The number of benzene rings is 3. The second-order valence-electron chi connectivity index (χ2n) is 9.28. The zero-order valence-corrected chi connectivity index (χ0v) is 25.1. The Labute approximate surface area is 245 Å². The summed E-state index contributed by atoms with van der Waals surface area (Å²) in [6, 6.07) is 18.2. The van der Waals surface area contributed by atoms with Crippen molar-refractivity contribution in [2.24, 2.45) is 0 Å². The van der Waals surface area contributed by atoms with Gasteiger partial charge in [0.1, 0.15) is 18.3 Å². The van der Waals surface area contributed by atoms with Crippen molar-refractivity contribution >= 4 is 50.7 Å². The maximum Gasteiger partial charge on any atom is 0.264 e. The zero-order valence-electron chi connectivity index (χ0n) is 22.8. The molecule has 3 aromatic carbocycles. The fourth-order valence-corrected chi connectivity index (χ4v) is 5.91. The van der Waals surface area contributed by atoms with Crippen LogP contribution < -0.4 is 14.4 Å². The van der Waals surface area contributed by atoms with Gasteiger partial charge < -0.3 is 15.0 Å². The van der Waals surface area contributed by atoms with Crippen molar-refractivity contribution in [3.05, 3.63) is 88.4 Å². The van der Waals surface area contributed by atoms with Crippen LogP contribution in [0.3, 0.4) is 0 Å². The molecule has 11 heteroatoms. The Balaban J connectivity index is 2.04. The number of halogens is 2. The number of carbonyl (C=O) groups is 2. The molecule has 0 radical (unpaired) electrons. The van der Waals surface area contributed by atoms with E-state index in [2.05, 4.69) is 5.32 Å². The third-order valence-corrected chi connectivity index (χ3v) is 8.78. The smallest absolute Gasteiger partial charge is 0.264 e. The molecule has 40 heavy (non-hydrogen) atoms. The molecule has 0 fully saturated rings. The first-order valence-corrected chi connectivity index (χ1v) is 14.9. The molecule has 214 valence electrons. The van der Waals surface area contributed by atoms with Crippen LogP contribution in [0, 0.1) is 0 Å². The molecule has 0 aliphatic carbocycles. The number of ether oxygens (including phenoxy) is 1. The van der Waals surface area contributed by atoms with Crippen LogP contribution in [0.1, 0.15) is 32.8 Å². The van der Waals surface area contributed by atoms with E-state index in [0.29, 0.717) is 17.2 Å². The normalized spacial score (nSPS) is 12.8. The second-order valence-corrected chi connectivity index (χ2v) is 12.0. The van der Waals surface area contributed by atoms with Gasteiger partial charge in [0, 0.05) is 17.6 Å². The number of anilines is 1. The summed E-state index contributed by atoms with van der Waals surface area (Å²) in [4.78, 5) is 28.4. The molecule has 0 aromatic heterocycles. The van der Waals surface area contributed by atoms with E-state index >= 15 is 0 Å². The van der Waals surface area contributed by atoms with E-state index in [-0.39, 0.29) is 34.1 Å². The molecule has 2 atom stereocenters. The van der Waals surface area contributed by atoms with E-state index in [9.17, 15) is 18.0 Å². The first-order valence-electron chi connectivity index (χ1n) is 12.7. The molecule has 3 aromatic rings. The average molecular weight is 607 g/mol. The first kappa shape index (κ1) is 31.3. The number of sulfonamides is 1. The monoisotopic (exact) mass is 605 g/mol. The van der Waals surface area contributed by atoms with Gasteiger partial charge in [0.15, 0.2) is 0 Å². The van der Waals surface area contributed by atoms with Crippen LogP contribution >= 0.6 is 23.2 Å². The number of amides is 2. The highest BCUT2D eigenvalue weighted by Gasteiger charge is 2.33. The van der Waals surface area contributed by atoms with Crippen LogP contribution in [-0.2, 0) is 26.2 Å². The summed E-state index contributed by atoms with van der Waals surface area (Å²) in [5.41, 5.74) is 0.823. The standard InChI is InChI=1S/C29H33Cl2N3O5S/c1-5-20(2)32-29(36)21(3)33(18-22-11-14-24(39-4)15-12-22)28(35)19-34(27-16-13-23(30)17-26(27)31)40(37,38)25-9-7-6-8-10-25/h6-17,20-21H,5,18-19H2,1-4H3,(H,32,36)/t20-,21-/m1/s1. The lowest BCUT2D eigenvalue weighted by molar-refractivity contribution is -0.139. The van der Waals surface area contributed by atoms with Crippen molar-refractivity contribution in [3.8, 4) is 5.75 Å². The van der Waals surface area contributed by atoms with Gasteiger partial charge in [-0.25, -0.2) is 8.42 Å². The molecule has 0 aliphatic heterocycles. The maximum atomic E-state index is 14.0. The molecule has 0 saturated heterocycles. The van der Waals surface area contributed by atoms with Gasteiger partial charge in [0.25, 0.3) is 10.0 Å². The topological polar surface area (TPSA) is 96.0 Å². The van der Waals surface area contributed by atoms with Crippen molar-refractivity contribution in [2.75, 3.05) is 18.0 Å². The van der Waals surface area contributed by atoms with E-state index < -0.39 is 28.5 Å². The molecule has 0 saturated carbocycles. The van der Waals surface area contributed by atoms with E-state index in [1.165, 1.54) is 35.2 Å². The summed E-state index contributed by atoms with van der Waals surface area (Å²) in [6.45, 7) is 4.89. The first-order chi connectivity index (χ1) is 19.0. The van der Waals surface area contributed by atoms with E-state index in [4.69, 9.17) is 27.9 Å². The van der Waals surface area contributed by atoms with Crippen molar-refractivity contribution < 1.29 is 22.7 Å². The van der Waals surface area contributed by atoms with Gasteiger partial charge in [-0.1, -0.05) is 60.5 Å². The molecule has 2 amide bonds. The lowest BCUT2D eigenvalue weighted by Gasteiger charge is -2.32. The third-order valence-electron chi connectivity index (χ3n) is 6.47. The Morgan fingerprint density at radius 1 is 0.975 bits per heavy atom. The minimum atomic E-state index is -4.23. The Kier molecular flexibility index (Phi) is 10.8. The average Bonchev–Trinajstić information content (AvgIpc) is 2.95. The van der Waals surface area contributed by atoms with Gasteiger partial charge in [-0.05, 0) is 68.3 Å². The fourth-order valence-electron chi connectivity index (χ4n) is 3.89. The predicted molar refractivity (Wildman–Crippen MR) is 158 cm³/mol. The highest BCUT2D eigenvalue weighted by Crippen LogP contribution is 2.33. The van der Waals surface area contributed by atoms with Crippen LogP contribution in [0.5, 0.6) is 5.75 Å². The minimum absolute atomic E-state index is 0.0157. The largest absolute Gasteiger partial charge is 0.497 e. The van der Waals surface area contributed by atoms with E-state index in [1.807, 2.05) is 13.8 Å². The number of nitrogens with zero attached hydrogens (tertiary/aromatic N) is 2. The summed E-state index contributed by atoms with van der Waals surface area (Å²) < 4.78 is 33.8. The predicted octanol–water partition coefficient (Wildman–Crippen LogP) is 5.53. The molecule has 0 heterocycles. The summed E-state index contributed by atoms with van der Waals surface area (Å²) in [5, 5.41) is 3.28. The van der Waals surface area contributed by atoms with Crippen LogP contribution in [0.2, 0.25) is 10.0 Å². The minimum Gasteiger partial charge on any atom is -0.497 e. The third kappa shape index (κ3) is 7.68. The van der Waals surface area contributed by atoms with Gasteiger partial charge in [-0.15, -0.1) is 0 Å². The summed E-state index contributed by atoms with van der Waals surface area (Å²) in [5.74, 6) is -0.298. The number of rotatable bonds is 12. The number of methoxy groups -OCH3 is 1. The summed E-state index contributed by atoms with van der Waals surface area (Å²) in [7, 11) is -2.68. The van der Waals surface area contributed by atoms with E-state index in [0.717, 1.165) is 9.87 Å². The SMILES string of the molecule is CC[C@@H](C)NC(=O)[C@@H](C)N(Cc1ccc(OC)cc1)C(=O)CN(c1ccc(Cl)cc1Cl)S(=O)(=O)c1ccccc1. The number of carbonyl (C=O) groups excluding carboxylic acids is 2. The van der Waals surface area contributed by atoms with Crippen molar-refractivity contribution in [2.45, 2.75) is 50.7 Å². The fraction of sp³-hybridized carbons (Fsp3) is 0.310. The van der Waals surface area contributed by atoms with Crippen LogP contribution in [0.4, 0.5) is 5.69 Å². The van der Waals surface area contributed by atoms with Gasteiger partial charge in [0.05, 0.1) is 22.7 Å². The lowest BCUT2D eigenvalue weighted by atomic mass is 10.1. The molecular formula is C29H33Cl2N3O5S. The van der Waals surface area contributed by atoms with Crippen LogP contribution in [-0.4, -0.2) is 50.9 Å². The van der Waals surface area contributed by atoms with Crippen LogP contribution in [0.25, 0.3) is 0 Å². The van der Waals surface area contributed by atoms with Gasteiger partial charge in [-0.2, -0.15) is 0 Å². The Morgan fingerprint density at radius 2 is 1.62 bits per heavy atom. The molecule has 3 rings (SSSR count). The van der Waals surface area contributed by atoms with Gasteiger partial charge in [-0.3, -0.25) is 13.9 Å². The van der Waals surface area contributed by atoms with E-state index in [1.54, 1.807) is 56.5 Å². The molecule has 0 bridgehead atoms. The molecule has 0 aliphatic rings. The van der Waals surface area contributed by atoms with Crippen LogP contribution in [0.15, 0.2) is 77.7 Å². The van der Waals surface area contributed by atoms with Crippen molar-refractivity contribution in [3.63, 3.8) is 0 Å². The number of hydrogen-bond donors (Lipinski definition) is 1. The second kappa shape index (κ2) is 13.9. The number of nitrogens with one attached hydrogen (secondary N) is 1.